The Labute approximate surface area is 287 Å². The topological polar surface area (TPSA) is 81.2 Å². The van der Waals surface area contributed by atoms with E-state index in [1.54, 1.807) is 6.07 Å². The summed E-state index contributed by atoms with van der Waals surface area (Å²) in [5.41, 5.74) is 10.3. The van der Waals surface area contributed by atoms with Crippen LogP contribution in [0.1, 0.15) is 16.7 Å². The van der Waals surface area contributed by atoms with Crippen molar-refractivity contribution < 1.29 is 0 Å². The number of hydrogen-bond donors (Lipinski definition) is 0. The van der Waals surface area contributed by atoms with E-state index in [0.717, 1.165) is 60.4 Å². The minimum atomic E-state index is 0.462. The normalized spacial score (nSPS) is 11.1. The van der Waals surface area contributed by atoms with Gasteiger partial charge in [0, 0.05) is 43.8 Å². The van der Waals surface area contributed by atoms with Crippen molar-refractivity contribution in [3.05, 3.63) is 168 Å². The van der Waals surface area contributed by atoms with Crippen molar-refractivity contribution in [3.8, 4) is 51.8 Å². The zero-order valence-corrected chi connectivity index (χ0v) is 26.7. The Morgan fingerprint density at radius 1 is 0.340 bits per heavy atom. The second-order valence-electron chi connectivity index (χ2n) is 12.2. The smallest absolute Gasteiger partial charge is 0.102 e. The molecule has 0 spiro atoms. The van der Waals surface area contributed by atoms with Crippen LogP contribution in [0, 0.1) is 34.0 Å². The third-order valence-corrected chi connectivity index (χ3v) is 9.68. The first kappa shape index (κ1) is 28.8. The van der Waals surface area contributed by atoms with E-state index in [4.69, 9.17) is 0 Å². The minimum Gasteiger partial charge on any atom is -0.309 e. The number of benzene rings is 7. The molecule has 0 unspecified atom stereocenters. The maximum Gasteiger partial charge on any atom is 0.102 e. The standard InChI is InChI=1S/C45H25N5/c46-26-29-23-24-45-37(25-29)36-14-4-8-21-43(36)50(45)44-22-10-17-31(39(44)28-48)30-15-9-16-32(38(30)27-47)33-11-1-5-18-40(33)49-41-19-6-2-12-34(41)35-13-3-7-20-42(35)49/h1-25H. The van der Waals surface area contributed by atoms with Crippen LogP contribution in [0.4, 0.5) is 0 Å². The summed E-state index contributed by atoms with van der Waals surface area (Å²) in [5, 5.41) is 35.6. The first-order valence-electron chi connectivity index (χ1n) is 16.3. The fourth-order valence-electron chi connectivity index (χ4n) is 7.57. The van der Waals surface area contributed by atoms with Crippen molar-refractivity contribution in [2.75, 3.05) is 0 Å². The molecule has 230 valence electrons. The number of nitriles is 3. The molecule has 50 heavy (non-hydrogen) atoms. The first-order valence-corrected chi connectivity index (χ1v) is 16.3. The second kappa shape index (κ2) is 11.4. The van der Waals surface area contributed by atoms with Crippen LogP contribution in [0.2, 0.25) is 0 Å². The van der Waals surface area contributed by atoms with Crippen LogP contribution in [-0.4, -0.2) is 9.13 Å². The summed E-state index contributed by atoms with van der Waals surface area (Å²) < 4.78 is 4.36. The highest BCUT2D eigenvalue weighted by Gasteiger charge is 2.22. The van der Waals surface area contributed by atoms with Crippen LogP contribution >= 0.6 is 0 Å². The molecule has 0 saturated carbocycles. The summed E-state index contributed by atoms with van der Waals surface area (Å²) >= 11 is 0. The average molecular weight is 636 g/mol. The van der Waals surface area contributed by atoms with Gasteiger partial charge < -0.3 is 9.13 Å². The molecule has 0 saturated heterocycles. The number of fused-ring (bicyclic) bond motifs is 6. The van der Waals surface area contributed by atoms with Gasteiger partial charge in [-0.25, -0.2) is 0 Å². The molecule has 0 aliphatic rings. The molecule has 0 atom stereocenters. The molecule has 0 fully saturated rings. The zero-order chi connectivity index (χ0) is 33.8. The van der Waals surface area contributed by atoms with Crippen LogP contribution in [-0.2, 0) is 0 Å². The van der Waals surface area contributed by atoms with Gasteiger partial charge in [-0.3, -0.25) is 0 Å². The molecule has 9 aromatic rings. The molecule has 0 bridgehead atoms. The fourth-order valence-corrected chi connectivity index (χ4v) is 7.57. The van der Waals surface area contributed by atoms with E-state index in [0.29, 0.717) is 33.5 Å². The maximum absolute atomic E-state index is 10.9. The zero-order valence-electron chi connectivity index (χ0n) is 26.7. The Bertz CT molecular complexity index is 2920. The second-order valence-corrected chi connectivity index (χ2v) is 12.2. The predicted octanol–water partition coefficient (Wildman–Crippen LogP) is 10.8. The lowest BCUT2D eigenvalue weighted by atomic mass is 9.89. The molecule has 9 rings (SSSR count). The number of aromatic nitrogens is 2. The summed E-state index contributed by atoms with van der Waals surface area (Å²) in [4.78, 5) is 0. The van der Waals surface area contributed by atoms with E-state index in [-0.39, 0.29) is 0 Å². The summed E-state index contributed by atoms with van der Waals surface area (Å²) in [5.74, 6) is 0. The SMILES string of the molecule is N#Cc1ccc2c(c1)c1ccccc1n2-c1cccc(-c2cccc(-c3ccccc3-n3c4ccccc4c4ccccc43)c2C#N)c1C#N. The Morgan fingerprint density at radius 3 is 1.40 bits per heavy atom. The average Bonchev–Trinajstić information content (AvgIpc) is 3.69. The van der Waals surface area contributed by atoms with Crippen molar-refractivity contribution in [1.82, 2.24) is 9.13 Å². The molecule has 0 aliphatic carbocycles. The number of nitrogens with zero attached hydrogens (tertiary/aromatic N) is 5. The van der Waals surface area contributed by atoms with Crippen LogP contribution in [0.5, 0.6) is 0 Å². The van der Waals surface area contributed by atoms with Gasteiger partial charge in [-0.15, -0.1) is 0 Å². The van der Waals surface area contributed by atoms with Gasteiger partial charge in [0.15, 0.2) is 0 Å². The van der Waals surface area contributed by atoms with Crippen molar-refractivity contribution >= 4 is 43.6 Å². The highest BCUT2D eigenvalue weighted by atomic mass is 15.0. The van der Waals surface area contributed by atoms with E-state index < -0.39 is 0 Å². The van der Waals surface area contributed by atoms with E-state index in [9.17, 15) is 15.8 Å². The van der Waals surface area contributed by atoms with Gasteiger partial charge in [0.05, 0.1) is 56.2 Å². The van der Waals surface area contributed by atoms with E-state index >= 15 is 0 Å². The van der Waals surface area contributed by atoms with Crippen LogP contribution in [0.25, 0.3) is 77.2 Å². The third-order valence-electron chi connectivity index (χ3n) is 9.68. The quantitative estimate of drug-likeness (QED) is 0.193. The van der Waals surface area contributed by atoms with Gasteiger partial charge in [-0.1, -0.05) is 103 Å². The molecule has 7 aromatic carbocycles. The third kappa shape index (κ3) is 4.17. The molecular formula is C45H25N5. The van der Waals surface area contributed by atoms with Crippen molar-refractivity contribution in [3.63, 3.8) is 0 Å². The van der Waals surface area contributed by atoms with Crippen LogP contribution in [0.15, 0.2) is 152 Å². The molecule has 0 N–H and O–H groups in total. The predicted molar refractivity (Wildman–Crippen MR) is 200 cm³/mol. The van der Waals surface area contributed by atoms with Gasteiger partial charge in [-0.2, -0.15) is 15.8 Å². The van der Waals surface area contributed by atoms with Crippen LogP contribution < -0.4 is 0 Å². The summed E-state index contributed by atoms with van der Waals surface area (Å²) in [6.07, 6.45) is 0. The molecule has 2 aromatic heterocycles. The Hall–Kier alpha value is -7.39. The van der Waals surface area contributed by atoms with Crippen LogP contribution in [0.3, 0.4) is 0 Å². The lowest BCUT2D eigenvalue weighted by Crippen LogP contribution is -2.01. The fraction of sp³-hybridized carbons (Fsp3) is 0. The monoisotopic (exact) mass is 635 g/mol. The van der Waals surface area contributed by atoms with Crippen molar-refractivity contribution in [2.45, 2.75) is 0 Å². The molecule has 2 heterocycles. The molecule has 5 nitrogen and oxygen atoms in total. The first-order chi connectivity index (χ1) is 24.7. The van der Waals surface area contributed by atoms with Crippen molar-refractivity contribution in [2.24, 2.45) is 0 Å². The highest BCUT2D eigenvalue weighted by molar-refractivity contribution is 6.11. The van der Waals surface area contributed by atoms with Gasteiger partial charge in [0.1, 0.15) is 12.1 Å². The van der Waals surface area contributed by atoms with Gasteiger partial charge in [-0.05, 0) is 48.5 Å². The molecule has 0 aliphatic heterocycles. The van der Waals surface area contributed by atoms with E-state index in [1.165, 1.54) is 0 Å². The minimum absolute atomic E-state index is 0.462. The van der Waals surface area contributed by atoms with Crippen molar-refractivity contribution in [1.29, 1.82) is 15.8 Å². The number of rotatable bonds is 4. The molecular weight excluding hydrogens is 611 g/mol. The van der Waals surface area contributed by atoms with E-state index in [2.05, 4.69) is 88.0 Å². The Morgan fingerprint density at radius 2 is 0.780 bits per heavy atom. The lowest BCUT2D eigenvalue weighted by molar-refractivity contribution is 1.17. The summed E-state index contributed by atoms with van der Waals surface area (Å²) in [6.45, 7) is 0. The van der Waals surface area contributed by atoms with Gasteiger partial charge in [0.2, 0.25) is 0 Å². The lowest BCUT2D eigenvalue weighted by Gasteiger charge is -2.18. The molecule has 5 heteroatoms. The maximum atomic E-state index is 10.9. The highest BCUT2D eigenvalue weighted by Crippen LogP contribution is 2.41. The number of hydrogen-bond acceptors (Lipinski definition) is 3. The van der Waals surface area contributed by atoms with Gasteiger partial charge >= 0.3 is 0 Å². The molecule has 0 radical (unpaired) electrons. The van der Waals surface area contributed by atoms with Gasteiger partial charge in [0.25, 0.3) is 0 Å². The summed E-state index contributed by atoms with van der Waals surface area (Å²) in [6, 6.07) is 57.6. The molecule has 0 amide bonds. The number of para-hydroxylation sites is 4. The largest absolute Gasteiger partial charge is 0.309 e. The Kier molecular flexibility index (Phi) is 6.56. The van der Waals surface area contributed by atoms with E-state index in [1.807, 2.05) is 84.9 Å². The summed E-state index contributed by atoms with van der Waals surface area (Å²) in [7, 11) is 0. The Balaban J connectivity index is 1.29.